The van der Waals surface area contributed by atoms with E-state index in [4.69, 9.17) is 6.35 Å². The van der Waals surface area contributed by atoms with E-state index in [1.54, 1.807) is 11.3 Å². The van der Waals surface area contributed by atoms with Crippen LogP contribution in [0.3, 0.4) is 0 Å². The smallest absolute Gasteiger partial charge is 0.123 e. The van der Waals surface area contributed by atoms with Crippen molar-refractivity contribution in [3.05, 3.63) is 205 Å². The largest absolute Gasteiger partial charge is 0.333 e. The number of hydrogen-bond acceptors (Lipinski definition) is 3. The van der Waals surface area contributed by atoms with Gasteiger partial charge in [0.15, 0.2) is 0 Å². The van der Waals surface area contributed by atoms with Gasteiger partial charge in [-0.25, -0.2) is 4.39 Å². The molecule has 0 bridgehead atoms. The van der Waals surface area contributed by atoms with Crippen molar-refractivity contribution < 1.29 is 25.9 Å². The molecule has 11 aromatic rings. The number of fused-ring (bicyclic) bond motifs is 6. The number of halogens is 1. The van der Waals surface area contributed by atoms with Crippen LogP contribution in [0.5, 0.6) is 0 Å². The van der Waals surface area contributed by atoms with Crippen LogP contribution in [-0.2, 0) is 20.1 Å². The van der Waals surface area contributed by atoms with Gasteiger partial charge >= 0.3 is 0 Å². The molecule has 0 fully saturated rings. The molecule has 0 atom stereocenters. The maximum atomic E-state index is 13.6. The Bertz CT molecular complexity index is 3610. The van der Waals surface area contributed by atoms with Crippen molar-refractivity contribution in [2.75, 3.05) is 0 Å². The van der Waals surface area contributed by atoms with Crippen LogP contribution in [0.25, 0.3) is 92.6 Å². The number of pyridine rings is 1. The molecule has 3 aromatic heterocycles. The molecule has 0 aliphatic carbocycles. The van der Waals surface area contributed by atoms with Crippen LogP contribution >= 0.6 is 11.3 Å². The molecule has 1 radical (unpaired) electrons. The molecule has 0 saturated carbocycles. The number of aryl methyl sites for hydroxylation is 2. The Morgan fingerprint density at radius 2 is 1.33 bits per heavy atom. The minimum atomic E-state index is -1.50. The average molecular weight is 1090 g/mol. The summed E-state index contributed by atoms with van der Waals surface area (Å²) in [7, 11) is -1.50. The van der Waals surface area contributed by atoms with E-state index in [-0.39, 0.29) is 25.9 Å². The second-order valence-electron chi connectivity index (χ2n) is 18.3. The van der Waals surface area contributed by atoms with Crippen molar-refractivity contribution in [1.82, 2.24) is 14.5 Å². The number of hydrogen-bond donors (Lipinski definition) is 0. The topological polar surface area (TPSA) is 30.7 Å². The standard InChI is InChI=1S/C43H28FN2S.C17H22NSi.Ir/c1-26-23-32(28-9-4-3-5-10-28)24-27(2)40(26)46-39-14-7-6-13-38(39)45-43(46)37-12-8-11-35-36-22-18-31-25-30(29-15-19-33(44)20-16-29)17-21-34(31)41(36)47-42(35)37;1-13(2)15-11-16(14-9-7-6-8-10-14)18-12-17(15)19(3,4)5;/h3-11,13-25H,1-2H3;6-9,11-13H,1-5H3;/q2*-1;/i;13D;. The normalized spacial score (nSPS) is 12.0. The quantitative estimate of drug-likeness (QED) is 0.118. The fourth-order valence-corrected chi connectivity index (χ4v) is 12.1. The zero-order valence-corrected chi connectivity index (χ0v) is 42.8. The van der Waals surface area contributed by atoms with Gasteiger partial charge in [-0.2, -0.15) is 11.3 Å². The number of rotatable bonds is 7. The molecule has 0 amide bonds. The molecule has 0 aliphatic rings. The summed E-state index contributed by atoms with van der Waals surface area (Å²) in [5.41, 5.74) is 14.1. The second-order valence-corrected chi connectivity index (χ2v) is 24.4. The predicted octanol–water partition coefficient (Wildman–Crippen LogP) is 16.3. The molecule has 0 saturated heterocycles. The third-order valence-corrected chi connectivity index (χ3v) is 15.7. The average Bonchev–Trinajstić information content (AvgIpc) is 3.91. The Morgan fingerprint density at radius 3 is 2.04 bits per heavy atom. The van der Waals surface area contributed by atoms with Gasteiger partial charge in [0.25, 0.3) is 0 Å². The van der Waals surface area contributed by atoms with Crippen molar-refractivity contribution >= 4 is 66.6 Å². The van der Waals surface area contributed by atoms with Crippen molar-refractivity contribution in [1.29, 1.82) is 0 Å². The minimum absolute atomic E-state index is 0. The van der Waals surface area contributed by atoms with Crippen LogP contribution < -0.4 is 5.19 Å². The first kappa shape index (κ1) is 44.5. The summed E-state index contributed by atoms with van der Waals surface area (Å²) in [5.74, 6) is 0.0596. The van der Waals surface area contributed by atoms with E-state index in [2.05, 4.69) is 164 Å². The molecule has 0 spiro atoms. The number of para-hydroxylation sites is 2. The molecule has 3 nitrogen and oxygen atoms in total. The van der Waals surface area contributed by atoms with Gasteiger partial charge in [-0.15, -0.1) is 54.1 Å². The molecular weight excluding hydrogens is 1030 g/mol. The third kappa shape index (κ3) is 8.85. The number of thiophene rings is 1. The van der Waals surface area contributed by atoms with Crippen molar-refractivity contribution in [2.24, 2.45) is 0 Å². The van der Waals surface area contributed by atoms with E-state index < -0.39 is 14.0 Å². The van der Waals surface area contributed by atoms with Gasteiger partial charge < -0.3 is 9.55 Å². The summed E-state index contributed by atoms with van der Waals surface area (Å²) >= 11 is 1.80. The van der Waals surface area contributed by atoms with Gasteiger partial charge in [0, 0.05) is 38.1 Å². The molecule has 7 heteroatoms. The fraction of sp³-hybridized carbons (Fsp3) is 0.133. The monoisotopic (exact) mass is 1090 g/mol. The molecule has 8 aromatic carbocycles. The van der Waals surface area contributed by atoms with Crippen molar-refractivity contribution in [3.63, 3.8) is 0 Å². The first-order valence-electron chi connectivity index (χ1n) is 22.9. The number of nitrogens with zero attached hydrogens (tertiary/aromatic N) is 3. The van der Waals surface area contributed by atoms with Crippen LogP contribution in [0.4, 0.5) is 4.39 Å². The van der Waals surface area contributed by atoms with Gasteiger partial charge in [0.1, 0.15) is 5.82 Å². The van der Waals surface area contributed by atoms with E-state index in [0.29, 0.717) is 0 Å². The summed E-state index contributed by atoms with van der Waals surface area (Å²) < 4.78 is 26.8. The van der Waals surface area contributed by atoms with Crippen molar-refractivity contribution in [2.45, 2.75) is 53.2 Å². The van der Waals surface area contributed by atoms with Crippen LogP contribution in [0.2, 0.25) is 19.6 Å². The molecule has 11 rings (SSSR count). The maximum Gasteiger partial charge on any atom is 0.123 e. The minimum Gasteiger partial charge on any atom is -0.333 e. The van der Waals surface area contributed by atoms with Gasteiger partial charge in [-0.1, -0.05) is 135 Å². The zero-order valence-electron chi connectivity index (χ0n) is 39.6. The van der Waals surface area contributed by atoms with E-state index in [0.717, 1.165) is 61.4 Å². The zero-order chi connectivity index (χ0) is 46.6. The number of aromatic nitrogens is 3. The maximum absolute atomic E-state index is 13.6. The van der Waals surface area contributed by atoms with E-state index in [9.17, 15) is 4.39 Å². The molecule has 0 unspecified atom stereocenters. The molecular formula is C60H50FIrN3SSi-2. The van der Waals surface area contributed by atoms with E-state index in [1.165, 1.54) is 65.1 Å². The Hall–Kier alpha value is -6.34. The first-order chi connectivity index (χ1) is 32.2. The summed E-state index contributed by atoms with van der Waals surface area (Å²) in [6.45, 7) is 15.2. The molecule has 333 valence electrons. The van der Waals surface area contributed by atoms with Gasteiger partial charge in [0.2, 0.25) is 0 Å². The van der Waals surface area contributed by atoms with Crippen LogP contribution in [0.1, 0.15) is 37.8 Å². The van der Waals surface area contributed by atoms with E-state index >= 15 is 0 Å². The molecule has 0 aliphatic heterocycles. The van der Waals surface area contributed by atoms with Crippen LogP contribution in [-0.4, -0.2) is 22.6 Å². The van der Waals surface area contributed by atoms with E-state index in [1.807, 2.05) is 62.5 Å². The number of imidazole rings is 1. The molecule has 3 heterocycles. The van der Waals surface area contributed by atoms with Crippen LogP contribution in [0, 0.1) is 31.8 Å². The Kier molecular flexibility index (Phi) is 12.4. The van der Waals surface area contributed by atoms with Crippen LogP contribution in [0.15, 0.2) is 170 Å². The molecule has 0 N–H and O–H groups in total. The van der Waals surface area contributed by atoms with Gasteiger partial charge in [-0.05, 0) is 127 Å². The Labute approximate surface area is 412 Å². The van der Waals surface area contributed by atoms with Gasteiger partial charge in [-0.3, -0.25) is 4.98 Å². The second kappa shape index (κ2) is 18.7. The summed E-state index contributed by atoms with van der Waals surface area (Å²) in [6.07, 6.45) is 1.98. The Balaban J connectivity index is 0.000000232. The Morgan fingerprint density at radius 1 is 0.657 bits per heavy atom. The SMILES string of the molecule is Cc1cc(-c2ccccc2)cc(C)c1-n1c(-c2[c-]ccc3c2sc2c4ccc(-c5ccc(F)cc5)cc4ccc32)nc2ccccc21.[2H]C(C)(C)c1cc(-c2[c-]cccc2)ncc1[Si](C)(C)C.[Ir]. The van der Waals surface area contributed by atoms with Crippen molar-refractivity contribution in [3.8, 4) is 50.6 Å². The number of benzene rings is 8. The molecule has 67 heavy (non-hydrogen) atoms. The first-order valence-corrected chi connectivity index (χ1v) is 26.7. The van der Waals surface area contributed by atoms with Gasteiger partial charge in [0.05, 0.1) is 24.9 Å². The summed E-state index contributed by atoms with van der Waals surface area (Å²) in [5, 5.41) is 6.07. The fourth-order valence-electron chi connectivity index (χ4n) is 9.21. The summed E-state index contributed by atoms with van der Waals surface area (Å²) in [6, 6.07) is 62.1. The summed E-state index contributed by atoms with van der Waals surface area (Å²) in [4.78, 5) is 9.88. The predicted molar refractivity (Wildman–Crippen MR) is 282 cm³/mol. The third-order valence-electron chi connectivity index (χ3n) is 12.4.